The fourth-order valence-corrected chi connectivity index (χ4v) is 7.28. The molecule has 17 nitrogen and oxygen atoms in total. The van der Waals surface area contributed by atoms with Crippen molar-refractivity contribution in [2.75, 3.05) is 13.9 Å². The second-order valence-electron chi connectivity index (χ2n) is 13.0. The molecule has 0 aromatic heterocycles. The number of ether oxygens (including phenoxy) is 5. The minimum Gasteiger partial charge on any atom is -0.507 e. The molecule has 6 atom stereocenters. The fraction of sp³-hybridized carbons (Fsp3) is 0.371. The van der Waals surface area contributed by atoms with Gasteiger partial charge >= 0.3 is 0 Å². The van der Waals surface area contributed by atoms with Crippen molar-refractivity contribution in [3.63, 3.8) is 0 Å². The first kappa shape index (κ1) is 34.8. The number of phenols is 2. The number of carbonyl (C=O) groups excluding carboxylic acids is 4. The maximum absolute atomic E-state index is 13.9. The molecule has 0 bridgehead atoms. The van der Waals surface area contributed by atoms with E-state index in [1.807, 2.05) is 0 Å². The van der Waals surface area contributed by atoms with E-state index < -0.39 is 106 Å². The summed E-state index contributed by atoms with van der Waals surface area (Å²) < 4.78 is 27.9. The standard InChI is InChI=1S/C35H32N2O15/c1-13-29(39)18(36-34(44)16-7-21-22(50-12-49-21)9-19(16)37(46)47)8-24(51-13)52-23-11-35(45,14(2)38)10-17-26(23)33(43)28-27(31(17)41)30(40)15-5-4-6-20(48-3)25(15)32(28)42/h4-7,9,13,18,23-24,29,39,41,43,45H,8,10-12H2,1-3H3,(H,36,44)/t13-,18-,23-,24-,29+,35-/m0/s1. The van der Waals surface area contributed by atoms with Crippen LogP contribution in [0.1, 0.15) is 86.1 Å². The molecule has 0 radical (unpaired) electrons. The first-order valence-corrected chi connectivity index (χ1v) is 16.1. The topological polar surface area (TPSA) is 251 Å². The van der Waals surface area contributed by atoms with Gasteiger partial charge in [0, 0.05) is 42.0 Å². The number of aliphatic hydroxyl groups excluding tert-OH is 1. The minimum atomic E-state index is -2.16. The van der Waals surface area contributed by atoms with Crippen LogP contribution in [0.3, 0.4) is 0 Å². The summed E-state index contributed by atoms with van der Waals surface area (Å²) in [7, 11) is 1.30. The van der Waals surface area contributed by atoms with E-state index in [2.05, 4.69) is 5.32 Å². The highest BCUT2D eigenvalue weighted by molar-refractivity contribution is 6.31. The van der Waals surface area contributed by atoms with Crippen molar-refractivity contribution < 1.29 is 68.2 Å². The maximum Gasteiger partial charge on any atom is 0.286 e. The van der Waals surface area contributed by atoms with E-state index in [0.29, 0.717) is 0 Å². The highest BCUT2D eigenvalue weighted by atomic mass is 16.7. The lowest BCUT2D eigenvalue weighted by Gasteiger charge is -2.42. The first-order valence-electron chi connectivity index (χ1n) is 16.1. The van der Waals surface area contributed by atoms with Crippen molar-refractivity contribution in [3.8, 4) is 28.7 Å². The Kier molecular flexibility index (Phi) is 8.40. The molecular formula is C35H32N2O15. The van der Waals surface area contributed by atoms with E-state index in [9.17, 15) is 49.7 Å². The number of hydrogen-bond donors (Lipinski definition) is 5. The van der Waals surface area contributed by atoms with Gasteiger partial charge in [0.15, 0.2) is 29.4 Å². The van der Waals surface area contributed by atoms with Crippen molar-refractivity contribution >= 4 is 28.9 Å². The molecule has 1 amide bonds. The maximum atomic E-state index is 13.9. The molecule has 2 aliphatic heterocycles. The van der Waals surface area contributed by atoms with Crippen LogP contribution in [0, 0.1) is 10.1 Å². The largest absolute Gasteiger partial charge is 0.507 e. The number of nitro benzene ring substituents is 1. The average molecular weight is 721 g/mol. The zero-order valence-electron chi connectivity index (χ0n) is 27.8. The van der Waals surface area contributed by atoms with Gasteiger partial charge < -0.3 is 49.4 Å². The Hall–Kier alpha value is -5.62. The van der Waals surface area contributed by atoms with Gasteiger partial charge in [0.2, 0.25) is 12.6 Å². The van der Waals surface area contributed by atoms with Crippen LogP contribution in [-0.2, 0) is 20.7 Å². The normalized spacial score (nSPS) is 25.8. The Morgan fingerprint density at radius 2 is 1.75 bits per heavy atom. The summed E-state index contributed by atoms with van der Waals surface area (Å²) in [6, 6.07) is 5.38. The lowest BCUT2D eigenvalue weighted by Crippen LogP contribution is -2.55. The van der Waals surface area contributed by atoms with Crippen LogP contribution in [0.4, 0.5) is 5.69 Å². The SMILES string of the molecule is COc1cccc2c1C(=O)c1c(O)c3c(c(O)c1C2=O)C[C@@](O)(C(C)=O)C[C@@H]3O[C@H]1C[C@H](NC(=O)c2cc3c(cc2[N+](=O)[O-])OCO3)[C@H](O)[C@H](C)O1. The Morgan fingerprint density at radius 3 is 2.42 bits per heavy atom. The molecule has 0 unspecified atom stereocenters. The van der Waals surface area contributed by atoms with Gasteiger partial charge in [-0.3, -0.25) is 29.3 Å². The summed E-state index contributed by atoms with van der Waals surface area (Å²) in [4.78, 5) is 64.8. The third kappa shape index (κ3) is 5.40. The number of amides is 1. The molecule has 1 fully saturated rings. The van der Waals surface area contributed by atoms with Crippen molar-refractivity contribution in [1.82, 2.24) is 5.32 Å². The lowest BCUT2D eigenvalue weighted by molar-refractivity contribution is -0.385. The number of hydrogen-bond acceptors (Lipinski definition) is 15. The molecule has 2 aliphatic carbocycles. The molecule has 52 heavy (non-hydrogen) atoms. The van der Waals surface area contributed by atoms with Gasteiger partial charge in [-0.15, -0.1) is 0 Å². The summed E-state index contributed by atoms with van der Waals surface area (Å²) in [5, 5.41) is 60.1. The number of methoxy groups -OCH3 is 1. The molecular weight excluding hydrogens is 688 g/mol. The van der Waals surface area contributed by atoms with E-state index >= 15 is 0 Å². The highest BCUT2D eigenvalue weighted by Gasteiger charge is 2.50. The number of phenolic OH excluding ortho intramolecular Hbond substituents is 2. The second-order valence-corrected chi connectivity index (χ2v) is 13.0. The number of benzene rings is 3. The number of carbonyl (C=O) groups is 4. The van der Waals surface area contributed by atoms with Gasteiger partial charge in [0.1, 0.15) is 34.5 Å². The van der Waals surface area contributed by atoms with Crippen LogP contribution in [0.2, 0.25) is 0 Å². The molecule has 4 aliphatic rings. The van der Waals surface area contributed by atoms with E-state index in [1.54, 1.807) is 0 Å². The molecule has 5 N–H and O–H groups in total. The molecule has 2 heterocycles. The average Bonchev–Trinajstić information content (AvgIpc) is 3.57. The summed E-state index contributed by atoms with van der Waals surface area (Å²) in [5.74, 6) is -4.47. The van der Waals surface area contributed by atoms with Crippen LogP contribution in [0.15, 0.2) is 30.3 Å². The van der Waals surface area contributed by atoms with Gasteiger partial charge in [-0.2, -0.15) is 0 Å². The number of fused-ring (bicyclic) bond motifs is 4. The first-order chi connectivity index (χ1) is 24.6. The summed E-state index contributed by atoms with van der Waals surface area (Å²) in [5.41, 5.74) is -4.74. The molecule has 1 saturated heterocycles. The Bertz CT molecular complexity index is 2100. The van der Waals surface area contributed by atoms with Gasteiger partial charge in [-0.05, 0) is 19.9 Å². The third-order valence-corrected chi connectivity index (χ3v) is 10.0. The smallest absolute Gasteiger partial charge is 0.286 e. The van der Waals surface area contributed by atoms with E-state index in [0.717, 1.165) is 19.1 Å². The lowest BCUT2D eigenvalue weighted by atomic mass is 9.72. The summed E-state index contributed by atoms with van der Waals surface area (Å²) >= 11 is 0. The number of rotatable bonds is 7. The number of ketones is 3. The Balaban J connectivity index is 1.24. The van der Waals surface area contributed by atoms with Crippen molar-refractivity contribution in [3.05, 3.63) is 79.4 Å². The van der Waals surface area contributed by atoms with Gasteiger partial charge in [-0.25, -0.2) is 0 Å². The number of nitrogens with one attached hydrogen (secondary N) is 1. The Labute approximate surface area is 293 Å². The van der Waals surface area contributed by atoms with Gasteiger partial charge in [0.25, 0.3) is 11.6 Å². The molecule has 0 spiro atoms. The van der Waals surface area contributed by atoms with Crippen LogP contribution >= 0.6 is 0 Å². The molecule has 3 aromatic rings. The third-order valence-electron chi connectivity index (χ3n) is 10.0. The number of Topliss-reactive ketones (excluding diaryl/α,β-unsaturated/α-hetero) is 1. The number of nitrogens with zero attached hydrogens (tertiary/aromatic N) is 1. The van der Waals surface area contributed by atoms with Crippen molar-refractivity contribution in [1.29, 1.82) is 0 Å². The Morgan fingerprint density at radius 1 is 1.06 bits per heavy atom. The van der Waals surface area contributed by atoms with E-state index in [1.165, 1.54) is 32.2 Å². The molecule has 7 rings (SSSR count). The number of aliphatic hydroxyl groups is 2. The predicted octanol–water partition coefficient (Wildman–Crippen LogP) is 2.14. The molecule has 17 heteroatoms. The molecule has 272 valence electrons. The van der Waals surface area contributed by atoms with Crippen LogP contribution < -0.4 is 19.5 Å². The zero-order chi connectivity index (χ0) is 37.4. The van der Waals surface area contributed by atoms with Gasteiger partial charge in [0.05, 0.1) is 53.0 Å². The predicted molar refractivity (Wildman–Crippen MR) is 173 cm³/mol. The van der Waals surface area contributed by atoms with E-state index in [4.69, 9.17) is 23.7 Å². The van der Waals surface area contributed by atoms with E-state index in [-0.39, 0.29) is 58.3 Å². The second kappa shape index (κ2) is 12.6. The van der Waals surface area contributed by atoms with Crippen LogP contribution in [0.5, 0.6) is 28.7 Å². The fourth-order valence-electron chi connectivity index (χ4n) is 7.28. The van der Waals surface area contributed by atoms with Crippen molar-refractivity contribution in [2.24, 2.45) is 0 Å². The highest BCUT2D eigenvalue weighted by Crippen LogP contribution is 2.52. The minimum absolute atomic E-state index is 0.0548. The zero-order valence-corrected chi connectivity index (χ0v) is 27.8. The van der Waals surface area contributed by atoms with Crippen LogP contribution in [-0.4, -0.2) is 92.6 Å². The summed E-state index contributed by atoms with van der Waals surface area (Å²) in [6.07, 6.45) is -6.43. The quantitative estimate of drug-likeness (QED) is 0.104. The molecule has 3 aromatic carbocycles. The summed E-state index contributed by atoms with van der Waals surface area (Å²) in [6.45, 7) is 2.39. The van der Waals surface area contributed by atoms with Crippen LogP contribution in [0.25, 0.3) is 0 Å². The molecule has 0 saturated carbocycles. The van der Waals surface area contributed by atoms with Crippen molar-refractivity contribution in [2.45, 2.75) is 69.4 Å². The van der Waals surface area contributed by atoms with Gasteiger partial charge in [-0.1, -0.05) is 12.1 Å². The number of aromatic hydroxyl groups is 2. The number of nitro groups is 1. The monoisotopic (exact) mass is 720 g/mol.